The number of amides is 1. The molecule has 0 fully saturated rings. The largest absolute Gasteiger partial charge is 0.588 e. The quantitative estimate of drug-likeness (QED) is 0.472. The number of carbonyl (C=O) groups is 2. The molecule has 1 amide bonds. The Hall–Kier alpha value is -2.57. The van der Waals surface area contributed by atoms with Crippen molar-refractivity contribution in [2.75, 3.05) is 0 Å². The van der Waals surface area contributed by atoms with Gasteiger partial charge in [-0.2, -0.15) is 4.72 Å². The molecule has 1 unspecified atom stereocenters. The minimum Gasteiger partial charge on any atom is -0.588 e. The fraction of sp³-hybridized carbons (Fsp3) is 0.158. The second kappa shape index (κ2) is 8.50. The first-order chi connectivity index (χ1) is 11.9. The van der Waals surface area contributed by atoms with Crippen molar-refractivity contribution in [3.05, 3.63) is 65.7 Å². The second-order valence-electron chi connectivity index (χ2n) is 5.38. The Morgan fingerprint density at radius 2 is 1.64 bits per heavy atom. The molecule has 0 saturated carbocycles. The number of benzene rings is 2. The summed E-state index contributed by atoms with van der Waals surface area (Å²) < 4.78 is 14.5. The highest BCUT2D eigenvalue weighted by Crippen LogP contribution is 2.25. The van der Waals surface area contributed by atoms with Gasteiger partial charge in [-0.25, -0.2) is 0 Å². The van der Waals surface area contributed by atoms with Crippen molar-refractivity contribution in [2.45, 2.75) is 25.2 Å². The van der Waals surface area contributed by atoms with Crippen molar-refractivity contribution in [3.8, 4) is 0 Å². The SMILES string of the molecule is CCC(=O)N[S+]([O-])c1ccc(C(C(C)=O)=C(N)c2ccccc2)cc1. The number of ketones is 1. The molecule has 0 bridgehead atoms. The smallest absolute Gasteiger partial charge is 0.261 e. The van der Waals surface area contributed by atoms with Gasteiger partial charge in [-0.15, -0.1) is 0 Å². The third-order valence-corrected chi connectivity index (χ3v) is 4.70. The third kappa shape index (κ3) is 4.71. The fourth-order valence-electron chi connectivity index (χ4n) is 2.29. The molecular formula is C19H20N2O3S. The summed E-state index contributed by atoms with van der Waals surface area (Å²) in [6.45, 7) is 3.14. The Morgan fingerprint density at radius 3 is 2.16 bits per heavy atom. The van der Waals surface area contributed by atoms with Gasteiger partial charge in [0.05, 0.1) is 5.70 Å². The van der Waals surface area contributed by atoms with Crippen molar-refractivity contribution in [3.63, 3.8) is 0 Å². The Bertz CT molecular complexity index is 786. The summed E-state index contributed by atoms with van der Waals surface area (Å²) in [6.07, 6.45) is 0.259. The van der Waals surface area contributed by atoms with Crippen LogP contribution in [0.5, 0.6) is 0 Å². The number of hydrogen-bond acceptors (Lipinski definition) is 4. The van der Waals surface area contributed by atoms with E-state index < -0.39 is 11.4 Å². The summed E-state index contributed by atoms with van der Waals surface area (Å²) in [7, 11) is 0. The number of allylic oxidation sites excluding steroid dienone is 1. The Labute approximate surface area is 150 Å². The number of nitrogens with one attached hydrogen (secondary N) is 1. The van der Waals surface area contributed by atoms with Crippen molar-refractivity contribution in [1.82, 2.24) is 4.72 Å². The van der Waals surface area contributed by atoms with Crippen molar-refractivity contribution in [2.24, 2.45) is 5.73 Å². The fourth-order valence-corrected chi connectivity index (χ4v) is 3.14. The van der Waals surface area contributed by atoms with Gasteiger partial charge in [0.2, 0.25) is 0 Å². The summed E-state index contributed by atoms with van der Waals surface area (Å²) in [4.78, 5) is 23.9. The van der Waals surface area contributed by atoms with E-state index in [1.165, 1.54) is 6.92 Å². The molecule has 0 aliphatic carbocycles. The Morgan fingerprint density at radius 1 is 1.04 bits per heavy atom. The molecule has 3 N–H and O–H groups in total. The highest BCUT2D eigenvalue weighted by atomic mass is 32.2. The first kappa shape index (κ1) is 18.8. The maximum Gasteiger partial charge on any atom is 0.261 e. The summed E-state index contributed by atoms with van der Waals surface area (Å²) in [5, 5.41) is 0. The van der Waals surface area contributed by atoms with E-state index in [9.17, 15) is 14.1 Å². The predicted molar refractivity (Wildman–Crippen MR) is 99.4 cm³/mol. The predicted octanol–water partition coefficient (Wildman–Crippen LogP) is 2.65. The van der Waals surface area contributed by atoms with Crippen LogP contribution in [0.3, 0.4) is 0 Å². The lowest BCUT2D eigenvalue weighted by Crippen LogP contribution is -2.29. The molecular weight excluding hydrogens is 336 g/mol. The van der Waals surface area contributed by atoms with E-state index >= 15 is 0 Å². The van der Waals surface area contributed by atoms with Crippen LogP contribution in [0.2, 0.25) is 0 Å². The minimum atomic E-state index is -1.62. The van der Waals surface area contributed by atoms with E-state index in [0.29, 0.717) is 21.7 Å². The molecule has 0 aliphatic heterocycles. The third-order valence-electron chi connectivity index (χ3n) is 3.59. The Kier molecular flexibility index (Phi) is 6.38. The van der Waals surface area contributed by atoms with E-state index in [-0.39, 0.29) is 18.1 Å². The topological polar surface area (TPSA) is 95.2 Å². The highest BCUT2D eigenvalue weighted by Gasteiger charge is 2.17. The summed E-state index contributed by atoms with van der Waals surface area (Å²) in [6, 6.07) is 15.8. The second-order valence-corrected chi connectivity index (χ2v) is 6.60. The summed E-state index contributed by atoms with van der Waals surface area (Å²) in [5.41, 5.74) is 8.39. The van der Waals surface area contributed by atoms with Crippen molar-refractivity contribution >= 4 is 34.3 Å². The molecule has 0 aromatic heterocycles. The van der Waals surface area contributed by atoms with Gasteiger partial charge in [0, 0.05) is 12.0 Å². The normalized spacial score (nSPS) is 12.9. The molecule has 0 saturated heterocycles. The van der Waals surface area contributed by atoms with Crippen LogP contribution in [0.15, 0.2) is 59.5 Å². The molecule has 2 aromatic rings. The molecule has 0 aliphatic rings. The Balaban J connectivity index is 2.35. The van der Waals surface area contributed by atoms with Crippen molar-refractivity contribution < 1.29 is 14.1 Å². The zero-order valence-corrected chi connectivity index (χ0v) is 14.9. The van der Waals surface area contributed by atoms with Gasteiger partial charge in [-0.05, 0) is 42.3 Å². The summed E-state index contributed by atoms with van der Waals surface area (Å²) in [5.74, 6) is -0.449. The van der Waals surface area contributed by atoms with E-state index in [2.05, 4.69) is 4.72 Å². The lowest BCUT2D eigenvalue weighted by Gasteiger charge is -2.12. The van der Waals surface area contributed by atoms with E-state index in [0.717, 1.165) is 5.56 Å². The number of Topliss-reactive ketones (excluding diaryl/α,β-unsaturated/α-hetero) is 1. The maximum absolute atomic E-state index is 12.1. The highest BCUT2D eigenvalue weighted by molar-refractivity contribution is 7.90. The van der Waals surface area contributed by atoms with Crippen molar-refractivity contribution in [1.29, 1.82) is 0 Å². The molecule has 1 atom stereocenters. The van der Waals surface area contributed by atoms with Crippen LogP contribution in [0.25, 0.3) is 11.3 Å². The zero-order valence-electron chi connectivity index (χ0n) is 14.1. The number of carbonyl (C=O) groups excluding carboxylic acids is 2. The van der Waals surface area contributed by atoms with Gasteiger partial charge < -0.3 is 10.3 Å². The van der Waals surface area contributed by atoms with Crippen LogP contribution in [0.4, 0.5) is 0 Å². The first-order valence-electron chi connectivity index (χ1n) is 7.81. The first-order valence-corrected chi connectivity index (χ1v) is 8.96. The molecule has 2 rings (SSSR count). The molecule has 0 radical (unpaired) electrons. The summed E-state index contributed by atoms with van der Waals surface area (Å²) >= 11 is -1.62. The maximum atomic E-state index is 12.1. The van der Waals surface area contributed by atoms with Crippen LogP contribution >= 0.6 is 0 Å². The van der Waals surface area contributed by atoms with Crippen LogP contribution < -0.4 is 10.5 Å². The van der Waals surface area contributed by atoms with Crippen LogP contribution in [0, 0.1) is 0 Å². The molecule has 5 nitrogen and oxygen atoms in total. The molecule has 6 heteroatoms. The molecule has 2 aromatic carbocycles. The number of nitrogens with two attached hydrogens (primary N) is 1. The van der Waals surface area contributed by atoms with Gasteiger partial charge in [0.1, 0.15) is 11.4 Å². The van der Waals surface area contributed by atoms with E-state index in [1.807, 2.05) is 30.3 Å². The molecule has 0 heterocycles. The lowest BCUT2D eigenvalue weighted by molar-refractivity contribution is -0.119. The van der Waals surface area contributed by atoms with Gasteiger partial charge in [-0.3, -0.25) is 9.59 Å². The van der Waals surface area contributed by atoms with Crippen LogP contribution in [0.1, 0.15) is 31.4 Å². The molecule has 130 valence electrons. The van der Waals surface area contributed by atoms with Crippen LogP contribution in [-0.2, 0) is 21.0 Å². The van der Waals surface area contributed by atoms with E-state index in [4.69, 9.17) is 5.73 Å². The minimum absolute atomic E-state index is 0.158. The number of hydrogen-bond donors (Lipinski definition) is 2. The van der Waals surface area contributed by atoms with Crippen LogP contribution in [-0.4, -0.2) is 16.2 Å². The monoisotopic (exact) mass is 356 g/mol. The standard InChI is InChI=1S/C19H20N2O3S/c1-3-17(23)21-25(24)16-11-9-14(10-12-16)18(13(2)22)19(20)15-7-5-4-6-8-15/h4-12H,3,20H2,1-2H3,(H,21,23). The lowest BCUT2D eigenvalue weighted by atomic mass is 9.97. The van der Waals surface area contributed by atoms with Gasteiger partial charge >= 0.3 is 0 Å². The van der Waals surface area contributed by atoms with Gasteiger partial charge in [0.25, 0.3) is 5.91 Å². The zero-order chi connectivity index (χ0) is 18.4. The average molecular weight is 356 g/mol. The molecule has 0 spiro atoms. The average Bonchev–Trinajstić information content (AvgIpc) is 2.62. The van der Waals surface area contributed by atoms with E-state index in [1.54, 1.807) is 31.2 Å². The molecule has 25 heavy (non-hydrogen) atoms. The number of rotatable bonds is 6. The van der Waals surface area contributed by atoms with Gasteiger partial charge in [-0.1, -0.05) is 37.3 Å². The van der Waals surface area contributed by atoms with Gasteiger partial charge in [0.15, 0.2) is 10.7 Å².